The summed E-state index contributed by atoms with van der Waals surface area (Å²) in [6, 6.07) is 22.0. The first-order valence-electron chi connectivity index (χ1n) is 11.3. The van der Waals surface area contributed by atoms with Gasteiger partial charge in [-0.1, -0.05) is 48.5 Å². The highest BCUT2D eigenvalue weighted by Crippen LogP contribution is 2.40. The Hall–Kier alpha value is -4.38. The third-order valence-corrected chi connectivity index (χ3v) is 6.22. The summed E-state index contributed by atoms with van der Waals surface area (Å²) in [5.41, 5.74) is 5.50. The predicted molar refractivity (Wildman–Crippen MR) is 139 cm³/mol. The van der Waals surface area contributed by atoms with Crippen LogP contribution in [0.5, 0.6) is 5.75 Å². The molecule has 0 saturated heterocycles. The van der Waals surface area contributed by atoms with Crippen molar-refractivity contribution in [2.45, 2.75) is 13.8 Å². The van der Waals surface area contributed by atoms with Crippen LogP contribution in [0.25, 0.3) is 38.4 Å². The number of hydrogen-bond acceptors (Lipinski definition) is 3. The van der Waals surface area contributed by atoms with Crippen LogP contribution >= 0.6 is 0 Å². The molecule has 0 bridgehead atoms. The van der Waals surface area contributed by atoms with Gasteiger partial charge in [-0.2, -0.15) is 0 Å². The fourth-order valence-corrected chi connectivity index (χ4v) is 4.50. The van der Waals surface area contributed by atoms with E-state index in [4.69, 9.17) is 9.15 Å². The fourth-order valence-electron chi connectivity index (χ4n) is 4.50. The Morgan fingerprint density at radius 3 is 2.51 bits per heavy atom. The van der Waals surface area contributed by atoms with E-state index < -0.39 is 0 Å². The van der Waals surface area contributed by atoms with Crippen LogP contribution in [-0.4, -0.2) is 13.0 Å². The van der Waals surface area contributed by atoms with E-state index in [-0.39, 0.29) is 11.7 Å². The summed E-state index contributed by atoms with van der Waals surface area (Å²) < 4.78 is 25.0. The third-order valence-electron chi connectivity index (χ3n) is 6.22. The van der Waals surface area contributed by atoms with Gasteiger partial charge in [0.15, 0.2) is 0 Å². The fraction of sp³-hybridized carbons (Fsp3) is 0.100. The minimum Gasteiger partial charge on any atom is -0.496 e. The number of fused-ring (bicyclic) bond motifs is 2. The zero-order valence-corrected chi connectivity index (χ0v) is 19.7. The molecule has 5 heteroatoms. The number of anilines is 1. The Morgan fingerprint density at radius 2 is 1.74 bits per heavy atom. The normalized spacial score (nSPS) is 11.7. The summed E-state index contributed by atoms with van der Waals surface area (Å²) in [6.45, 7) is 3.80. The number of carbonyl (C=O) groups excluding carboxylic acids is 1. The number of carbonyl (C=O) groups is 1. The largest absolute Gasteiger partial charge is 0.496 e. The summed E-state index contributed by atoms with van der Waals surface area (Å²) in [7, 11) is 1.60. The van der Waals surface area contributed by atoms with E-state index in [0.29, 0.717) is 11.3 Å². The second-order valence-corrected chi connectivity index (χ2v) is 8.46. The molecule has 5 rings (SSSR count). The molecule has 4 aromatic carbocycles. The Labute approximate surface area is 202 Å². The molecule has 0 unspecified atom stereocenters. The van der Waals surface area contributed by atoms with Gasteiger partial charge in [-0.05, 0) is 54.6 Å². The summed E-state index contributed by atoms with van der Waals surface area (Å²) >= 11 is 0. The lowest BCUT2D eigenvalue weighted by Crippen LogP contribution is -2.09. The number of methoxy groups -OCH3 is 1. The maximum absolute atomic E-state index is 13.5. The molecule has 0 atom stereocenters. The Morgan fingerprint density at radius 1 is 1.00 bits per heavy atom. The summed E-state index contributed by atoms with van der Waals surface area (Å²) in [4.78, 5) is 13.0. The zero-order chi connectivity index (χ0) is 24.5. The van der Waals surface area contributed by atoms with Crippen molar-refractivity contribution in [1.82, 2.24) is 0 Å². The summed E-state index contributed by atoms with van der Waals surface area (Å²) in [5, 5.41) is 5.91. The van der Waals surface area contributed by atoms with Gasteiger partial charge in [0.05, 0.1) is 13.4 Å². The van der Waals surface area contributed by atoms with Gasteiger partial charge in [-0.3, -0.25) is 4.79 Å². The van der Waals surface area contributed by atoms with E-state index in [2.05, 4.69) is 5.32 Å². The number of allylic oxidation sites excluding steroid dienone is 1. The van der Waals surface area contributed by atoms with Gasteiger partial charge >= 0.3 is 0 Å². The highest BCUT2D eigenvalue weighted by atomic mass is 19.1. The van der Waals surface area contributed by atoms with E-state index >= 15 is 0 Å². The Bertz CT molecular complexity index is 1590. The quantitative estimate of drug-likeness (QED) is 0.270. The lowest BCUT2D eigenvalue weighted by molar-refractivity contribution is -0.111. The third kappa shape index (κ3) is 4.17. The van der Waals surface area contributed by atoms with Gasteiger partial charge in [-0.25, -0.2) is 4.39 Å². The first-order chi connectivity index (χ1) is 17.0. The first-order valence-corrected chi connectivity index (χ1v) is 11.3. The molecule has 5 aromatic rings. The Kier molecular flexibility index (Phi) is 5.83. The molecule has 0 saturated carbocycles. The van der Waals surface area contributed by atoms with Gasteiger partial charge in [0.2, 0.25) is 5.91 Å². The molecule has 174 valence electrons. The van der Waals surface area contributed by atoms with Crippen LogP contribution in [0.15, 0.2) is 89.6 Å². The molecular formula is C30H24FNO3. The van der Waals surface area contributed by atoms with E-state index in [9.17, 15) is 9.18 Å². The minimum absolute atomic E-state index is 0.232. The van der Waals surface area contributed by atoms with Gasteiger partial charge in [0, 0.05) is 39.2 Å². The molecule has 1 amide bonds. The summed E-state index contributed by atoms with van der Waals surface area (Å²) in [6.07, 6.45) is 3.24. The standard InChI is InChI=1S/C30H24FNO3/c1-18(15-28(33)32-27-10-6-8-20-7-4-5-9-23(20)27)24-16-25-26(21-11-13-22(31)14-12-21)17-35-30(25)19(2)29(24)34-3/h4-17H,1-3H3,(H,32,33)/b18-15+. The number of hydrogen-bond donors (Lipinski definition) is 1. The molecule has 0 radical (unpaired) electrons. The lowest BCUT2D eigenvalue weighted by atomic mass is 9.96. The number of nitrogens with one attached hydrogen (secondary N) is 1. The number of benzene rings is 4. The van der Waals surface area contributed by atoms with E-state index in [1.165, 1.54) is 12.1 Å². The molecule has 0 fully saturated rings. The van der Waals surface area contributed by atoms with Crippen LogP contribution in [-0.2, 0) is 4.79 Å². The van der Waals surface area contributed by atoms with Gasteiger partial charge in [-0.15, -0.1) is 0 Å². The van der Waals surface area contributed by atoms with Crippen LogP contribution in [0.4, 0.5) is 10.1 Å². The van der Waals surface area contributed by atoms with Gasteiger partial charge < -0.3 is 14.5 Å². The first kappa shape index (κ1) is 22.4. The number of ether oxygens (including phenoxy) is 1. The number of amides is 1. The number of halogens is 1. The van der Waals surface area contributed by atoms with Crippen molar-refractivity contribution in [2.75, 3.05) is 12.4 Å². The topological polar surface area (TPSA) is 51.5 Å². The average molecular weight is 466 g/mol. The van der Waals surface area contributed by atoms with E-state index in [1.807, 2.05) is 62.4 Å². The Balaban J connectivity index is 1.55. The van der Waals surface area contributed by atoms with Crippen LogP contribution in [0.2, 0.25) is 0 Å². The molecule has 1 heterocycles. The maximum Gasteiger partial charge on any atom is 0.248 e. The second-order valence-electron chi connectivity index (χ2n) is 8.46. The highest BCUT2D eigenvalue weighted by molar-refractivity contribution is 6.09. The molecule has 0 aliphatic carbocycles. The molecule has 35 heavy (non-hydrogen) atoms. The molecule has 4 nitrogen and oxygen atoms in total. The van der Waals surface area contributed by atoms with Gasteiger partial charge in [0.25, 0.3) is 0 Å². The van der Waals surface area contributed by atoms with Gasteiger partial charge in [0.1, 0.15) is 17.1 Å². The predicted octanol–water partition coefficient (Wildman–Crippen LogP) is 7.75. The van der Waals surface area contributed by atoms with Crippen LogP contribution in [0.3, 0.4) is 0 Å². The molecular weight excluding hydrogens is 441 g/mol. The van der Waals surface area contributed by atoms with E-state index in [0.717, 1.165) is 49.7 Å². The number of aryl methyl sites for hydroxylation is 1. The van der Waals surface area contributed by atoms with Crippen molar-refractivity contribution in [2.24, 2.45) is 0 Å². The minimum atomic E-state index is -0.295. The smallest absolute Gasteiger partial charge is 0.248 e. The highest BCUT2D eigenvalue weighted by Gasteiger charge is 2.19. The molecule has 0 aliphatic heterocycles. The van der Waals surface area contributed by atoms with Crippen molar-refractivity contribution >= 4 is 38.9 Å². The number of rotatable bonds is 5. The zero-order valence-electron chi connectivity index (χ0n) is 19.7. The van der Waals surface area contributed by atoms with Crippen molar-refractivity contribution in [3.63, 3.8) is 0 Å². The SMILES string of the molecule is COc1c(/C(C)=C/C(=O)Nc2cccc3ccccc23)cc2c(-c3ccc(F)cc3)coc2c1C. The van der Waals surface area contributed by atoms with Crippen LogP contribution < -0.4 is 10.1 Å². The lowest BCUT2D eigenvalue weighted by Gasteiger charge is -2.13. The molecule has 0 spiro atoms. The van der Waals surface area contributed by atoms with Crippen molar-refractivity contribution < 1.29 is 18.3 Å². The van der Waals surface area contributed by atoms with Crippen molar-refractivity contribution in [3.8, 4) is 16.9 Å². The van der Waals surface area contributed by atoms with E-state index in [1.54, 1.807) is 31.6 Å². The second kappa shape index (κ2) is 9.11. The monoisotopic (exact) mass is 465 g/mol. The molecule has 1 N–H and O–H groups in total. The van der Waals surface area contributed by atoms with Crippen LogP contribution in [0.1, 0.15) is 18.1 Å². The van der Waals surface area contributed by atoms with Crippen LogP contribution in [0, 0.1) is 12.7 Å². The average Bonchev–Trinajstić information content (AvgIpc) is 3.29. The number of furan rings is 1. The van der Waals surface area contributed by atoms with Crippen molar-refractivity contribution in [3.05, 3.63) is 102 Å². The van der Waals surface area contributed by atoms with Crippen molar-refractivity contribution in [1.29, 1.82) is 0 Å². The summed E-state index contributed by atoms with van der Waals surface area (Å²) in [5.74, 6) is 0.116. The molecule has 1 aromatic heterocycles. The maximum atomic E-state index is 13.5. The molecule has 0 aliphatic rings.